The number of piperazine rings is 1. The van der Waals surface area contributed by atoms with Crippen molar-refractivity contribution < 1.29 is 9.53 Å². The van der Waals surface area contributed by atoms with Crippen LogP contribution in [-0.2, 0) is 4.74 Å². The fraction of sp³-hybridized carbons (Fsp3) is 0.941. The molecule has 1 saturated carbocycles. The monoisotopic (exact) mass is 347 g/mol. The summed E-state index contributed by atoms with van der Waals surface area (Å²) in [5, 5.41) is 0. The Kier molecular flexibility index (Phi) is 9.91. The van der Waals surface area contributed by atoms with Gasteiger partial charge in [-0.3, -0.25) is 4.90 Å². The van der Waals surface area contributed by atoms with Crippen LogP contribution >= 0.6 is 12.4 Å². The predicted octanol–water partition coefficient (Wildman–Crippen LogP) is 2.84. The molecule has 2 rings (SSSR count). The zero-order chi connectivity index (χ0) is 15.8. The molecule has 6 heteroatoms. The lowest BCUT2D eigenvalue weighted by atomic mass is 9.98. The summed E-state index contributed by atoms with van der Waals surface area (Å²) in [6, 6.07) is 0. The van der Waals surface area contributed by atoms with Crippen molar-refractivity contribution >= 4 is 18.5 Å². The van der Waals surface area contributed by atoms with Gasteiger partial charge in [0.25, 0.3) is 0 Å². The van der Waals surface area contributed by atoms with Gasteiger partial charge in [-0.25, -0.2) is 4.79 Å². The molecule has 0 aromatic rings. The first-order chi connectivity index (χ1) is 10.7. The maximum Gasteiger partial charge on any atom is 0.410 e. The fourth-order valence-corrected chi connectivity index (χ4v) is 3.38. The third-order valence-electron chi connectivity index (χ3n) is 5.08. The molecule has 136 valence electrons. The number of carbonyl (C=O) groups excluding carboxylic acids is 1. The van der Waals surface area contributed by atoms with E-state index in [4.69, 9.17) is 4.74 Å². The molecule has 0 aromatic heterocycles. The van der Waals surface area contributed by atoms with Gasteiger partial charge in [0.1, 0.15) is 6.10 Å². The minimum atomic E-state index is -0.0877. The van der Waals surface area contributed by atoms with E-state index in [2.05, 4.69) is 23.6 Å². The summed E-state index contributed by atoms with van der Waals surface area (Å²) in [5.41, 5.74) is 0. The van der Waals surface area contributed by atoms with Crippen molar-refractivity contribution in [1.29, 1.82) is 0 Å². The largest absolute Gasteiger partial charge is 0.446 e. The number of hydrogen-bond donors (Lipinski definition) is 0. The van der Waals surface area contributed by atoms with Crippen molar-refractivity contribution in [2.45, 2.75) is 52.1 Å². The molecule has 0 radical (unpaired) electrons. The standard InChI is InChI=1S/C17H33N3O2.ClH/c1-3-18(4-2)10-11-19-12-14-20(15-13-19)17(21)22-16-8-6-5-7-9-16;/h16H,3-15H2,1-2H3;1H. The van der Waals surface area contributed by atoms with E-state index in [1.807, 2.05) is 4.90 Å². The van der Waals surface area contributed by atoms with E-state index in [0.29, 0.717) is 0 Å². The molecule has 1 heterocycles. The van der Waals surface area contributed by atoms with E-state index in [-0.39, 0.29) is 24.6 Å². The van der Waals surface area contributed by atoms with Crippen LogP contribution in [0.15, 0.2) is 0 Å². The minimum Gasteiger partial charge on any atom is -0.446 e. The number of halogens is 1. The molecule has 0 aromatic carbocycles. The van der Waals surface area contributed by atoms with Gasteiger partial charge in [-0.2, -0.15) is 0 Å². The minimum absolute atomic E-state index is 0. The molecular weight excluding hydrogens is 314 g/mol. The second kappa shape index (κ2) is 11.1. The molecule has 1 amide bonds. The zero-order valence-corrected chi connectivity index (χ0v) is 15.7. The van der Waals surface area contributed by atoms with Crippen LogP contribution in [-0.4, -0.2) is 79.3 Å². The van der Waals surface area contributed by atoms with Crippen LogP contribution in [0.3, 0.4) is 0 Å². The number of carbonyl (C=O) groups is 1. The Morgan fingerprint density at radius 3 is 2.22 bits per heavy atom. The van der Waals surface area contributed by atoms with E-state index in [9.17, 15) is 4.79 Å². The topological polar surface area (TPSA) is 36.0 Å². The van der Waals surface area contributed by atoms with Crippen molar-refractivity contribution in [2.24, 2.45) is 0 Å². The third-order valence-corrected chi connectivity index (χ3v) is 5.08. The van der Waals surface area contributed by atoms with Crippen molar-refractivity contribution in [3.05, 3.63) is 0 Å². The van der Waals surface area contributed by atoms with Crippen LogP contribution in [0, 0.1) is 0 Å². The summed E-state index contributed by atoms with van der Waals surface area (Å²) in [7, 11) is 0. The average Bonchev–Trinajstić information content (AvgIpc) is 2.57. The Hall–Kier alpha value is -0.520. The Balaban J connectivity index is 0.00000264. The number of ether oxygens (including phenoxy) is 1. The Bertz CT molecular complexity index is 326. The van der Waals surface area contributed by atoms with Gasteiger partial charge in [-0.1, -0.05) is 20.3 Å². The first-order valence-electron chi connectivity index (χ1n) is 9.13. The van der Waals surface area contributed by atoms with Crippen LogP contribution in [0.1, 0.15) is 46.0 Å². The summed E-state index contributed by atoms with van der Waals surface area (Å²) in [4.78, 5) is 19.0. The molecular formula is C17H34ClN3O2. The number of nitrogens with zero attached hydrogens (tertiary/aromatic N) is 3. The molecule has 1 saturated heterocycles. The predicted molar refractivity (Wildman–Crippen MR) is 96.4 cm³/mol. The Labute approximate surface area is 147 Å². The third kappa shape index (κ3) is 6.86. The van der Waals surface area contributed by atoms with Crippen molar-refractivity contribution in [1.82, 2.24) is 14.7 Å². The number of rotatable bonds is 6. The second-order valence-corrected chi connectivity index (χ2v) is 6.50. The second-order valence-electron chi connectivity index (χ2n) is 6.50. The lowest BCUT2D eigenvalue weighted by Crippen LogP contribution is -2.50. The smallest absolute Gasteiger partial charge is 0.410 e. The van der Waals surface area contributed by atoms with Crippen LogP contribution in [0.25, 0.3) is 0 Å². The molecule has 5 nitrogen and oxygen atoms in total. The highest BCUT2D eigenvalue weighted by molar-refractivity contribution is 5.85. The molecule has 2 aliphatic rings. The maximum atomic E-state index is 12.2. The first-order valence-corrected chi connectivity index (χ1v) is 9.13. The van der Waals surface area contributed by atoms with Crippen molar-refractivity contribution in [3.8, 4) is 0 Å². The fourth-order valence-electron chi connectivity index (χ4n) is 3.38. The lowest BCUT2D eigenvalue weighted by molar-refractivity contribution is 0.0320. The molecule has 23 heavy (non-hydrogen) atoms. The Morgan fingerprint density at radius 1 is 1.04 bits per heavy atom. The summed E-state index contributed by atoms with van der Waals surface area (Å²) in [5.74, 6) is 0. The van der Waals surface area contributed by atoms with Crippen LogP contribution in [0.5, 0.6) is 0 Å². The Morgan fingerprint density at radius 2 is 1.65 bits per heavy atom. The highest BCUT2D eigenvalue weighted by Crippen LogP contribution is 2.21. The number of hydrogen-bond acceptors (Lipinski definition) is 4. The molecule has 1 aliphatic carbocycles. The normalized spacial score (nSPS) is 20.4. The molecule has 0 N–H and O–H groups in total. The lowest BCUT2D eigenvalue weighted by Gasteiger charge is -2.36. The highest BCUT2D eigenvalue weighted by Gasteiger charge is 2.25. The SMILES string of the molecule is CCN(CC)CCN1CCN(C(=O)OC2CCCCC2)CC1.Cl. The van der Waals surface area contributed by atoms with Crippen molar-refractivity contribution in [3.63, 3.8) is 0 Å². The summed E-state index contributed by atoms with van der Waals surface area (Å²) in [6.07, 6.45) is 5.88. The zero-order valence-electron chi connectivity index (χ0n) is 14.8. The molecule has 0 atom stereocenters. The highest BCUT2D eigenvalue weighted by atomic mass is 35.5. The van der Waals surface area contributed by atoms with Gasteiger partial charge >= 0.3 is 6.09 Å². The summed E-state index contributed by atoms with van der Waals surface area (Å²) in [6.45, 7) is 12.4. The van der Waals surface area contributed by atoms with Crippen LogP contribution in [0.2, 0.25) is 0 Å². The van der Waals surface area contributed by atoms with Gasteiger partial charge in [-0.15, -0.1) is 12.4 Å². The molecule has 0 spiro atoms. The van der Waals surface area contributed by atoms with Crippen LogP contribution < -0.4 is 0 Å². The summed E-state index contributed by atoms with van der Waals surface area (Å²) >= 11 is 0. The number of amides is 1. The number of likely N-dealkylation sites (N-methyl/N-ethyl adjacent to an activating group) is 1. The van der Waals surface area contributed by atoms with E-state index >= 15 is 0 Å². The van der Waals surface area contributed by atoms with Gasteiger partial charge in [0.15, 0.2) is 0 Å². The van der Waals surface area contributed by atoms with Gasteiger partial charge in [-0.05, 0) is 38.8 Å². The first kappa shape index (κ1) is 20.5. The molecule has 2 fully saturated rings. The maximum absolute atomic E-state index is 12.2. The van der Waals surface area contributed by atoms with Crippen LogP contribution in [0.4, 0.5) is 4.79 Å². The average molecular weight is 348 g/mol. The van der Waals surface area contributed by atoms with E-state index in [0.717, 1.165) is 65.2 Å². The van der Waals surface area contributed by atoms with E-state index in [1.165, 1.54) is 19.3 Å². The molecule has 0 bridgehead atoms. The quantitative estimate of drug-likeness (QED) is 0.740. The molecule has 0 unspecified atom stereocenters. The summed E-state index contributed by atoms with van der Waals surface area (Å²) < 4.78 is 5.66. The molecule has 1 aliphatic heterocycles. The van der Waals surface area contributed by atoms with E-state index in [1.54, 1.807) is 0 Å². The van der Waals surface area contributed by atoms with Crippen molar-refractivity contribution in [2.75, 3.05) is 52.4 Å². The van der Waals surface area contributed by atoms with E-state index < -0.39 is 0 Å². The van der Waals surface area contributed by atoms with Gasteiger partial charge in [0.2, 0.25) is 0 Å². The van der Waals surface area contributed by atoms with Gasteiger partial charge in [0, 0.05) is 39.3 Å². The van der Waals surface area contributed by atoms with Gasteiger partial charge in [0.05, 0.1) is 0 Å². The van der Waals surface area contributed by atoms with Gasteiger partial charge < -0.3 is 14.5 Å².